The van der Waals surface area contributed by atoms with Crippen LogP contribution in [0.4, 0.5) is 17.1 Å². The highest BCUT2D eigenvalue weighted by atomic mass is 32.2. The molecule has 29 heavy (non-hydrogen) atoms. The number of nitro groups is 2. The molecule has 146 valence electrons. The van der Waals surface area contributed by atoms with E-state index in [9.17, 15) is 25.0 Å². The molecule has 0 radical (unpaired) electrons. The van der Waals surface area contributed by atoms with Crippen LogP contribution < -0.4 is 5.32 Å². The number of carbonyl (C=O) groups excluding carboxylic acids is 1. The maximum Gasteiger partial charge on any atom is 0.299 e. The molecule has 3 rings (SSSR count). The number of nitrogens with one attached hydrogen (secondary N) is 1. The lowest BCUT2D eigenvalue weighted by Crippen LogP contribution is -2.19. The van der Waals surface area contributed by atoms with Gasteiger partial charge in [-0.25, -0.2) is 0 Å². The van der Waals surface area contributed by atoms with Crippen molar-refractivity contribution in [1.82, 2.24) is 0 Å². The fraction of sp³-hybridized carbons (Fsp3) is 0.0500. The van der Waals surface area contributed by atoms with Crippen molar-refractivity contribution in [2.24, 2.45) is 0 Å². The number of benzene rings is 3. The third-order valence-corrected chi connectivity index (χ3v) is 5.25. The van der Waals surface area contributed by atoms with E-state index in [2.05, 4.69) is 5.32 Å². The molecule has 0 saturated heterocycles. The van der Waals surface area contributed by atoms with E-state index in [1.165, 1.54) is 17.8 Å². The number of nitrogens with zero attached hydrogens (tertiary/aromatic N) is 2. The minimum Gasteiger partial charge on any atom is -0.319 e. The molecule has 0 fully saturated rings. The molecule has 0 aliphatic heterocycles. The van der Waals surface area contributed by atoms with Gasteiger partial charge in [0.05, 0.1) is 15.9 Å². The van der Waals surface area contributed by atoms with Gasteiger partial charge in [-0.2, -0.15) is 0 Å². The predicted molar refractivity (Wildman–Crippen MR) is 110 cm³/mol. The Kier molecular flexibility index (Phi) is 6.20. The maximum absolute atomic E-state index is 13.0. The second kappa shape index (κ2) is 8.98. The summed E-state index contributed by atoms with van der Waals surface area (Å²) in [6, 6.07) is 21.4. The SMILES string of the molecule is O=C(Nc1ccc([N+](=O)[O-])cc1[N+](=O)[O-])C(Sc1ccccc1)c1ccccc1. The fourth-order valence-corrected chi connectivity index (χ4v) is 3.67. The van der Waals surface area contributed by atoms with Gasteiger partial charge in [-0.15, -0.1) is 11.8 Å². The summed E-state index contributed by atoms with van der Waals surface area (Å²) < 4.78 is 0. The van der Waals surface area contributed by atoms with Crippen LogP contribution >= 0.6 is 11.8 Å². The van der Waals surface area contributed by atoms with Crippen LogP contribution in [0.15, 0.2) is 83.8 Å². The standard InChI is InChI=1S/C20H15N3O5S/c24-20(21-17-12-11-15(22(25)26)13-18(17)23(27)28)19(14-7-3-1-4-8-14)29-16-9-5-2-6-10-16/h1-13,19H,(H,21,24). The van der Waals surface area contributed by atoms with Crippen molar-refractivity contribution in [1.29, 1.82) is 0 Å². The third kappa shape index (κ3) is 4.96. The number of hydrogen-bond acceptors (Lipinski definition) is 6. The smallest absolute Gasteiger partial charge is 0.299 e. The molecule has 0 aliphatic rings. The number of thioether (sulfide) groups is 1. The molecule has 0 aromatic heterocycles. The van der Waals surface area contributed by atoms with Crippen molar-refractivity contribution in [3.8, 4) is 0 Å². The van der Waals surface area contributed by atoms with Gasteiger partial charge < -0.3 is 5.32 Å². The van der Waals surface area contributed by atoms with E-state index in [-0.39, 0.29) is 5.69 Å². The maximum atomic E-state index is 13.0. The number of carbonyl (C=O) groups is 1. The van der Waals surface area contributed by atoms with Gasteiger partial charge in [0, 0.05) is 11.0 Å². The van der Waals surface area contributed by atoms with Gasteiger partial charge in [0.15, 0.2) is 0 Å². The van der Waals surface area contributed by atoms with Crippen molar-refractivity contribution in [3.05, 3.63) is 105 Å². The van der Waals surface area contributed by atoms with E-state index in [4.69, 9.17) is 0 Å². The first-order chi connectivity index (χ1) is 14.0. The van der Waals surface area contributed by atoms with Crippen LogP contribution in [0.1, 0.15) is 10.8 Å². The minimum absolute atomic E-state index is 0.0970. The molecule has 3 aromatic rings. The lowest BCUT2D eigenvalue weighted by molar-refractivity contribution is -0.393. The van der Waals surface area contributed by atoms with E-state index in [1.54, 1.807) is 24.3 Å². The van der Waals surface area contributed by atoms with Gasteiger partial charge >= 0.3 is 0 Å². The molecule has 3 aromatic carbocycles. The molecule has 1 N–H and O–H groups in total. The van der Waals surface area contributed by atoms with E-state index < -0.39 is 32.4 Å². The Balaban J connectivity index is 1.93. The zero-order chi connectivity index (χ0) is 20.8. The summed E-state index contributed by atoms with van der Waals surface area (Å²) in [6.45, 7) is 0. The summed E-state index contributed by atoms with van der Waals surface area (Å²) in [7, 11) is 0. The van der Waals surface area contributed by atoms with Crippen LogP contribution in [0.3, 0.4) is 0 Å². The van der Waals surface area contributed by atoms with Crippen molar-refractivity contribution in [2.75, 3.05) is 5.32 Å². The zero-order valence-electron chi connectivity index (χ0n) is 14.9. The molecule has 0 spiro atoms. The Labute approximate surface area is 169 Å². The molecule has 0 aliphatic carbocycles. The number of amides is 1. The topological polar surface area (TPSA) is 115 Å². The van der Waals surface area contributed by atoms with Crippen LogP contribution in [-0.2, 0) is 4.79 Å². The zero-order valence-corrected chi connectivity index (χ0v) is 15.7. The van der Waals surface area contributed by atoms with Gasteiger partial charge in [-0.1, -0.05) is 48.5 Å². The summed E-state index contributed by atoms with van der Waals surface area (Å²) in [5.74, 6) is -0.470. The van der Waals surface area contributed by atoms with E-state index in [0.29, 0.717) is 0 Å². The molecule has 1 unspecified atom stereocenters. The predicted octanol–water partition coefficient (Wildman–Crippen LogP) is 4.98. The highest BCUT2D eigenvalue weighted by Crippen LogP contribution is 2.37. The molecule has 0 heterocycles. The monoisotopic (exact) mass is 409 g/mol. The quantitative estimate of drug-likeness (QED) is 0.334. The molecule has 9 heteroatoms. The Hall–Kier alpha value is -3.72. The van der Waals surface area contributed by atoms with Crippen molar-refractivity contribution in [3.63, 3.8) is 0 Å². The van der Waals surface area contributed by atoms with E-state index in [1.807, 2.05) is 36.4 Å². The van der Waals surface area contributed by atoms with Gasteiger partial charge in [-0.05, 0) is 23.8 Å². The summed E-state index contributed by atoms with van der Waals surface area (Å²) in [6.07, 6.45) is 0. The second-order valence-electron chi connectivity index (χ2n) is 5.93. The first kappa shape index (κ1) is 20.0. The molecule has 1 amide bonds. The average Bonchev–Trinajstić information content (AvgIpc) is 2.73. The lowest BCUT2D eigenvalue weighted by Gasteiger charge is -2.17. The van der Waals surface area contributed by atoms with E-state index >= 15 is 0 Å². The Morgan fingerprint density at radius 1 is 0.862 bits per heavy atom. The average molecular weight is 409 g/mol. The Morgan fingerprint density at radius 3 is 2.07 bits per heavy atom. The van der Waals surface area contributed by atoms with Crippen LogP contribution in [0, 0.1) is 20.2 Å². The number of non-ortho nitro benzene ring substituents is 1. The Morgan fingerprint density at radius 2 is 1.48 bits per heavy atom. The van der Waals surface area contributed by atoms with Crippen molar-refractivity contribution >= 4 is 34.7 Å². The normalized spacial score (nSPS) is 11.4. The fourth-order valence-electron chi connectivity index (χ4n) is 2.62. The third-order valence-electron chi connectivity index (χ3n) is 3.98. The number of anilines is 1. The van der Waals surface area contributed by atoms with Crippen LogP contribution in [-0.4, -0.2) is 15.8 Å². The van der Waals surface area contributed by atoms with E-state index in [0.717, 1.165) is 22.6 Å². The van der Waals surface area contributed by atoms with Gasteiger partial charge in [0.1, 0.15) is 10.9 Å². The summed E-state index contributed by atoms with van der Waals surface area (Å²) in [5.41, 5.74) is -0.333. The summed E-state index contributed by atoms with van der Waals surface area (Å²) in [4.78, 5) is 34.6. The summed E-state index contributed by atoms with van der Waals surface area (Å²) >= 11 is 1.30. The first-order valence-corrected chi connectivity index (χ1v) is 9.34. The second-order valence-corrected chi connectivity index (χ2v) is 7.11. The number of rotatable bonds is 7. The molecule has 0 bridgehead atoms. The molecular formula is C20H15N3O5S. The molecule has 0 saturated carbocycles. The highest BCUT2D eigenvalue weighted by molar-refractivity contribution is 8.00. The van der Waals surface area contributed by atoms with Crippen LogP contribution in [0.2, 0.25) is 0 Å². The lowest BCUT2D eigenvalue weighted by atomic mass is 10.1. The van der Waals surface area contributed by atoms with Crippen molar-refractivity contribution < 1.29 is 14.6 Å². The largest absolute Gasteiger partial charge is 0.319 e. The Bertz CT molecular complexity index is 1040. The first-order valence-electron chi connectivity index (χ1n) is 8.46. The number of hydrogen-bond donors (Lipinski definition) is 1. The van der Waals surface area contributed by atoms with Crippen molar-refractivity contribution in [2.45, 2.75) is 10.1 Å². The molecular weight excluding hydrogens is 394 g/mol. The van der Waals surface area contributed by atoms with Crippen LogP contribution in [0.25, 0.3) is 0 Å². The van der Waals surface area contributed by atoms with Gasteiger partial charge in [-0.3, -0.25) is 25.0 Å². The van der Waals surface area contributed by atoms with Crippen LogP contribution in [0.5, 0.6) is 0 Å². The summed E-state index contributed by atoms with van der Waals surface area (Å²) in [5, 5.41) is 24.1. The molecule has 8 nitrogen and oxygen atoms in total. The minimum atomic E-state index is -0.759. The van der Waals surface area contributed by atoms with Gasteiger partial charge in [0.25, 0.3) is 11.4 Å². The van der Waals surface area contributed by atoms with Gasteiger partial charge in [0.2, 0.25) is 5.91 Å². The molecule has 1 atom stereocenters. The number of nitro benzene ring substituents is 2. The highest BCUT2D eigenvalue weighted by Gasteiger charge is 2.26.